The quantitative estimate of drug-likeness (QED) is 0.497. The van der Waals surface area contributed by atoms with E-state index < -0.39 is 0 Å². The number of amidine groups is 1. The second-order valence-electron chi connectivity index (χ2n) is 7.62. The predicted molar refractivity (Wildman–Crippen MR) is 127 cm³/mol. The molecule has 32 heavy (non-hydrogen) atoms. The number of hydrogen-bond acceptors (Lipinski definition) is 7. The molecule has 0 N–H and O–H groups in total. The van der Waals surface area contributed by atoms with Crippen LogP contribution in [0.25, 0.3) is 6.08 Å². The first-order valence-corrected chi connectivity index (χ1v) is 11.1. The van der Waals surface area contributed by atoms with Gasteiger partial charge in [0.2, 0.25) is 5.89 Å². The van der Waals surface area contributed by atoms with E-state index in [1.165, 1.54) is 11.8 Å². The van der Waals surface area contributed by atoms with Gasteiger partial charge in [0.25, 0.3) is 5.91 Å². The molecule has 0 radical (unpaired) electrons. The summed E-state index contributed by atoms with van der Waals surface area (Å²) in [6.07, 6.45) is 1.78. The highest BCUT2D eigenvalue weighted by Crippen LogP contribution is 2.36. The average molecular weight is 449 g/mol. The first-order valence-electron chi connectivity index (χ1n) is 10.2. The van der Waals surface area contributed by atoms with Gasteiger partial charge in [-0.1, -0.05) is 35.1 Å². The average Bonchev–Trinajstić information content (AvgIpc) is 3.31. The molecule has 3 aromatic rings. The summed E-state index contributed by atoms with van der Waals surface area (Å²) in [4.78, 5) is 24.1. The fraction of sp³-hybridized carbons (Fsp3) is 0.250. The molecular formula is C24H24N4O3S. The van der Waals surface area contributed by atoms with Crippen molar-refractivity contribution in [3.63, 3.8) is 0 Å². The van der Waals surface area contributed by atoms with Gasteiger partial charge >= 0.3 is 0 Å². The number of ether oxygens (including phenoxy) is 1. The topological polar surface area (TPSA) is 80.8 Å². The Balaban J connectivity index is 1.72. The highest BCUT2D eigenvalue weighted by molar-refractivity contribution is 8.14. The van der Waals surface area contributed by atoms with Crippen LogP contribution >= 0.6 is 11.8 Å². The predicted octanol–water partition coefficient (Wildman–Crippen LogP) is 5.24. The van der Waals surface area contributed by atoms with Crippen molar-refractivity contribution in [1.82, 2.24) is 10.1 Å². The first kappa shape index (κ1) is 21.8. The molecule has 0 saturated heterocycles. The molecule has 0 spiro atoms. The van der Waals surface area contributed by atoms with Crippen molar-refractivity contribution >= 4 is 34.6 Å². The van der Waals surface area contributed by atoms with Gasteiger partial charge in [0, 0.05) is 0 Å². The molecule has 1 aliphatic rings. The van der Waals surface area contributed by atoms with Crippen LogP contribution in [-0.4, -0.2) is 28.3 Å². The molecule has 2 aromatic carbocycles. The van der Waals surface area contributed by atoms with Gasteiger partial charge < -0.3 is 9.26 Å². The zero-order valence-corrected chi connectivity index (χ0v) is 19.4. The summed E-state index contributed by atoms with van der Waals surface area (Å²) < 4.78 is 10.5. The summed E-state index contributed by atoms with van der Waals surface area (Å²) in [7, 11) is 1.62. The maximum atomic E-state index is 13.4. The van der Waals surface area contributed by atoms with E-state index in [0.29, 0.717) is 22.6 Å². The number of methoxy groups -OCH3 is 1. The number of rotatable bonds is 5. The van der Waals surface area contributed by atoms with E-state index in [2.05, 4.69) is 16.2 Å². The maximum absolute atomic E-state index is 13.4. The molecule has 1 atom stereocenters. The second kappa shape index (κ2) is 9.00. The van der Waals surface area contributed by atoms with Crippen molar-refractivity contribution in [3.05, 3.63) is 76.6 Å². The van der Waals surface area contributed by atoms with Crippen molar-refractivity contribution in [2.75, 3.05) is 12.0 Å². The summed E-state index contributed by atoms with van der Waals surface area (Å²) in [5.41, 5.74) is 4.16. The number of nitrogens with zero attached hydrogens (tertiary/aromatic N) is 4. The molecule has 1 aromatic heterocycles. The number of carbonyl (C=O) groups excluding carboxylic acids is 1. The molecule has 7 nitrogen and oxygen atoms in total. The van der Waals surface area contributed by atoms with Crippen LogP contribution in [0.1, 0.15) is 40.6 Å². The molecule has 0 fully saturated rings. The third-order valence-electron chi connectivity index (χ3n) is 4.89. The van der Waals surface area contributed by atoms with Crippen LogP contribution < -0.4 is 9.64 Å². The fourth-order valence-electron chi connectivity index (χ4n) is 3.43. The number of aryl methyl sites for hydroxylation is 3. The third kappa shape index (κ3) is 4.60. The number of thioether (sulfide) groups is 1. The molecule has 1 unspecified atom stereocenters. The summed E-state index contributed by atoms with van der Waals surface area (Å²) in [6, 6.07) is 13.5. The van der Waals surface area contributed by atoms with E-state index in [-0.39, 0.29) is 11.2 Å². The number of benzene rings is 2. The number of carbonyl (C=O) groups is 1. The van der Waals surface area contributed by atoms with Crippen LogP contribution in [0, 0.1) is 20.8 Å². The minimum atomic E-state index is -0.178. The van der Waals surface area contributed by atoms with Gasteiger partial charge in [-0.15, -0.1) is 0 Å². The molecular weight excluding hydrogens is 424 g/mol. The van der Waals surface area contributed by atoms with Crippen molar-refractivity contribution in [3.8, 4) is 5.75 Å². The SMILES string of the molecule is COc1ccc(/C=C2/N=C(SC(C)c3nc(C)no3)N(c3cc(C)cc(C)c3)C2=O)cc1. The zero-order chi connectivity index (χ0) is 22.8. The summed E-state index contributed by atoms with van der Waals surface area (Å²) >= 11 is 1.41. The van der Waals surface area contributed by atoms with Gasteiger partial charge in [-0.25, -0.2) is 4.99 Å². The molecule has 0 aliphatic carbocycles. The largest absolute Gasteiger partial charge is 0.497 e. The Morgan fingerprint density at radius 3 is 2.38 bits per heavy atom. The maximum Gasteiger partial charge on any atom is 0.283 e. The highest BCUT2D eigenvalue weighted by atomic mass is 32.2. The molecule has 0 bridgehead atoms. The number of aromatic nitrogens is 2. The number of anilines is 1. The summed E-state index contributed by atoms with van der Waals surface area (Å²) in [5, 5.41) is 4.27. The van der Waals surface area contributed by atoms with Gasteiger partial charge in [-0.05, 0) is 74.7 Å². The Morgan fingerprint density at radius 1 is 1.09 bits per heavy atom. The Bertz CT molecular complexity index is 1190. The number of hydrogen-bond donors (Lipinski definition) is 0. The molecule has 2 heterocycles. The van der Waals surface area contributed by atoms with Crippen LogP contribution in [-0.2, 0) is 4.79 Å². The van der Waals surface area contributed by atoms with Gasteiger partial charge in [0.15, 0.2) is 11.0 Å². The van der Waals surface area contributed by atoms with Gasteiger partial charge in [-0.2, -0.15) is 4.98 Å². The van der Waals surface area contributed by atoms with Gasteiger partial charge in [0.05, 0.1) is 18.0 Å². The van der Waals surface area contributed by atoms with Crippen LogP contribution in [0.3, 0.4) is 0 Å². The first-order chi connectivity index (χ1) is 15.3. The lowest BCUT2D eigenvalue weighted by Gasteiger charge is -2.20. The number of aliphatic imine (C=N–C) groups is 1. The minimum absolute atomic E-state index is 0.170. The lowest BCUT2D eigenvalue weighted by molar-refractivity contribution is -0.113. The molecule has 8 heteroatoms. The van der Waals surface area contributed by atoms with Crippen molar-refractivity contribution < 1.29 is 14.1 Å². The van der Waals surface area contributed by atoms with E-state index in [9.17, 15) is 4.79 Å². The fourth-order valence-corrected chi connectivity index (χ4v) is 4.39. The van der Waals surface area contributed by atoms with E-state index in [0.717, 1.165) is 28.1 Å². The second-order valence-corrected chi connectivity index (χ2v) is 8.93. The van der Waals surface area contributed by atoms with Crippen molar-refractivity contribution in [1.29, 1.82) is 0 Å². The molecule has 0 saturated carbocycles. The Labute approximate surface area is 191 Å². The number of amides is 1. The Kier molecular flexibility index (Phi) is 6.14. The zero-order valence-electron chi connectivity index (χ0n) is 18.6. The molecule has 164 valence electrons. The molecule has 4 rings (SSSR count). The van der Waals surface area contributed by atoms with Crippen molar-refractivity contribution in [2.24, 2.45) is 4.99 Å². The summed E-state index contributed by atoms with van der Waals surface area (Å²) in [5.74, 6) is 1.64. The van der Waals surface area contributed by atoms with Crippen LogP contribution in [0.15, 0.2) is 57.7 Å². The van der Waals surface area contributed by atoms with Gasteiger partial charge in [-0.3, -0.25) is 9.69 Å². The molecule has 1 aliphatic heterocycles. The minimum Gasteiger partial charge on any atom is -0.497 e. The van der Waals surface area contributed by atoms with E-state index in [1.54, 1.807) is 25.0 Å². The normalized spacial score (nSPS) is 15.9. The van der Waals surface area contributed by atoms with E-state index >= 15 is 0 Å². The highest BCUT2D eigenvalue weighted by Gasteiger charge is 2.34. The van der Waals surface area contributed by atoms with E-state index in [1.807, 2.05) is 57.2 Å². The molecule has 1 amide bonds. The Hall–Kier alpha value is -3.39. The van der Waals surface area contributed by atoms with Crippen molar-refractivity contribution in [2.45, 2.75) is 32.9 Å². The monoisotopic (exact) mass is 448 g/mol. The summed E-state index contributed by atoms with van der Waals surface area (Å²) in [6.45, 7) is 7.76. The standard InChI is InChI=1S/C24H24N4O3S/c1-14-10-15(2)12-19(11-14)28-23(29)21(13-18-6-8-20(30-5)9-7-18)26-24(28)32-16(3)22-25-17(4)27-31-22/h6-13,16H,1-5H3/b21-13+. The van der Waals surface area contributed by atoms with E-state index in [4.69, 9.17) is 14.3 Å². The lowest BCUT2D eigenvalue weighted by Crippen LogP contribution is -2.30. The van der Waals surface area contributed by atoms with Gasteiger partial charge in [0.1, 0.15) is 11.4 Å². The van der Waals surface area contributed by atoms with Crippen LogP contribution in [0.4, 0.5) is 5.69 Å². The Morgan fingerprint density at radius 2 is 1.78 bits per heavy atom. The third-order valence-corrected chi connectivity index (χ3v) is 5.93. The van der Waals surface area contributed by atoms with Crippen LogP contribution in [0.2, 0.25) is 0 Å². The smallest absolute Gasteiger partial charge is 0.283 e. The lowest BCUT2D eigenvalue weighted by atomic mass is 10.1. The van der Waals surface area contributed by atoms with Crippen LogP contribution in [0.5, 0.6) is 5.75 Å².